The highest BCUT2D eigenvalue weighted by Gasteiger charge is 2.20. The molecule has 0 atom stereocenters. The Balaban J connectivity index is 2.01. The van der Waals surface area contributed by atoms with Gasteiger partial charge in [0.1, 0.15) is 5.82 Å². The predicted molar refractivity (Wildman–Crippen MR) is 54.6 cm³/mol. The zero-order chi connectivity index (χ0) is 9.26. The van der Waals surface area contributed by atoms with Gasteiger partial charge < -0.3 is 11.1 Å². The van der Waals surface area contributed by atoms with Gasteiger partial charge in [0.15, 0.2) is 0 Å². The average Bonchev–Trinajstić information content (AvgIpc) is 2.86. The van der Waals surface area contributed by atoms with Crippen molar-refractivity contribution in [2.75, 3.05) is 17.6 Å². The normalized spacial score (nSPS) is 15.8. The lowest BCUT2D eigenvalue weighted by Gasteiger charge is -2.07. The van der Waals surface area contributed by atoms with E-state index in [9.17, 15) is 0 Å². The van der Waals surface area contributed by atoms with Gasteiger partial charge in [0.25, 0.3) is 0 Å². The Hall–Kier alpha value is -1.25. The number of rotatable bonds is 3. The van der Waals surface area contributed by atoms with Gasteiger partial charge in [-0.3, -0.25) is 0 Å². The average molecular weight is 177 g/mol. The molecule has 2 rings (SSSR count). The van der Waals surface area contributed by atoms with Gasteiger partial charge in [-0.05, 0) is 37.3 Å². The fraction of sp³-hybridized carbons (Fsp3) is 0.500. The van der Waals surface area contributed by atoms with Crippen LogP contribution in [-0.4, -0.2) is 11.5 Å². The molecule has 0 spiro atoms. The number of hydrogen-bond donors (Lipinski definition) is 2. The molecule has 0 aliphatic heterocycles. The molecule has 0 aromatic carbocycles. The number of hydrogen-bond acceptors (Lipinski definition) is 3. The fourth-order valence-electron chi connectivity index (χ4n) is 1.34. The van der Waals surface area contributed by atoms with Gasteiger partial charge in [0.2, 0.25) is 0 Å². The van der Waals surface area contributed by atoms with Crippen LogP contribution in [-0.2, 0) is 0 Å². The zero-order valence-electron chi connectivity index (χ0n) is 7.88. The maximum Gasteiger partial charge on any atom is 0.129 e. The molecule has 70 valence electrons. The number of anilines is 2. The number of nitrogens with two attached hydrogens (primary N) is 1. The lowest BCUT2D eigenvalue weighted by molar-refractivity contribution is 0.881. The Kier molecular flexibility index (Phi) is 2.08. The second kappa shape index (κ2) is 3.24. The van der Waals surface area contributed by atoms with Gasteiger partial charge >= 0.3 is 0 Å². The van der Waals surface area contributed by atoms with Crippen LogP contribution in [0, 0.1) is 12.8 Å². The minimum Gasteiger partial charge on any atom is -0.397 e. The molecule has 1 fully saturated rings. The fourth-order valence-corrected chi connectivity index (χ4v) is 1.34. The van der Waals surface area contributed by atoms with Crippen LogP contribution in [0.4, 0.5) is 11.5 Å². The van der Waals surface area contributed by atoms with E-state index in [-0.39, 0.29) is 0 Å². The van der Waals surface area contributed by atoms with Crippen LogP contribution in [0.5, 0.6) is 0 Å². The van der Waals surface area contributed by atoms with Crippen molar-refractivity contribution in [1.29, 1.82) is 0 Å². The van der Waals surface area contributed by atoms with Gasteiger partial charge in [-0.25, -0.2) is 4.98 Å². The molecule has 1 saturated carbocycles. The molecule has 1 aliphatic carbocycles. The van der Waals surface area contributed by atoms with E-state index in [2.05, 4.69) is 10.3 Å². The highest BCUT2D eigenvalue weighted by atomic mass is 15.0. The Bertz CT molecular complexity index is 305. The second-order valence-corrected chi connectivity index (χ2v) is 3.76. The van der Waals surface area contributed by atoms with E-state index < -0.39 is 0 Å². The van der Waals surface area contributed by atoms with Crippen LogP contribution in [0.1, 0.15) is 18.4 Å². The van der Waals surface area contributed by atoms with Crippen LogP contribution in [0.25, 0.3) is 0 Å². The van der Waals surface area contributed by atoms with E-state index >= 15 is 0 Å². The number of nitrogen functional groups attached to an aromatic ring is 1. The smallest absolute Gasteiger partial charge is 0.129 e. The third kappa shape index (κ3) is 2.11. The van der Waals surface area contributed by atoms with Gasteiger partial charge in [0, 0.05) is 6.54 Å². The predicted octanol–water partition coefficient (Wildman–Crippen LogP) is 1.79. The number of pyridine rings is 1. The molecule has 0 radical (unpaired) electrons. The Labute approximate surface area is 78.4 Å². The largest absolute Gasteiger partial charge is 0.397 e. The second-order valence-electron chi connectivity index (χ2n) is 3.76. The Morgan fingerprint density at radius 1 is 1.62 bits per heavy atom. The molecule has 1 aromatic heterocycles. The summed E-state index contributed by atoms with van der Waals surface area (Å²) < 4.78 is 0. The summed E-state index contributed by atoms with van der Waals surface area (Å²) in [7, 11) is 0. The van der Waals surface area contributed by atoms with Crippen molar-refractivity contribution in [3.8, 4) is 0 Å². The molecule has 3 N–H and O–H groups in total. The summed E-state index contributed by atoms with van der Waals surface area (Å²) in [5.74, 6) is 1.85. The van der Waals surface area contributed by atoms with Crippen molar-refractivity contribution in [3.63, 3.8) is 0 Å². The van der Waals surface area contributed by atoms with Crippen molar-refractivity contribution >= 4 is 11.5 Å². The SMILES string of the molecule is Cc1cc(N)cnc1NCC1CC1. The summed E-state index contributed by atoms with van der Waals surface area (Å²) in [4.78, 5) is 4.24. The molecule has 13 heavy (non-hydrogen) atoms. The molecule has 0 saturated heterocycles. The third-order valence-electron chi connectivity index (χ3n) is 2.35. The third-order valence-corrected chi connectivity index (χ3v) is 2.35. The number of nitrogens with one attached hydrogen (secondary N) is 1. The van der Waals surface area contributed by atoms with E-state index in [1.807, 2.05) is 13.0 Å². The van der Waals surface area contributed by atoms with Crippen LogP contribution < -0.4 is 11.1 Å². The summed E-state index contributed by atoms with van der Waals surface area (Å²) in [6.07, 6.45) is 4.42. The lowest BCUT2D eigenvalue weighted by atomic mass is 10.2. The summed E-state index contributed by atoms with van der Waals surface area (Å²) in [6, 6.07) is 1.95. The highest BCUT2D eigenvalue weighted by molar-refractivity contribution is 5.50. The van der Waals surface area contributed by atoms with Crippen molar-refractivity contribution in [2.45, 2.75) is 19.8 Å². The van der Waals surface area contributed by atoms with Crippen molar-refractivity contribution in [1.82, 2.24) is 4.98 Å². The molecule has 1 heterocycles. The van der Waals surface area contributed by atoms with Crippen molar-refractivity contribution < 1.29 is 0 Å². The van der Waals surface area contributed by atoms with Crippen LogP contribution in [0.3, 0.4) is 0 Å². The maximum atomic E-state index is 5.61. The van der Waals surface area contributed by atoms with Gasteiger partial charge in [0.05, 0.1) is 11.9 Å². The van der Waals surface area contributed by atoms with E-state index in [0.29, 0.717) is 0 Å². The standard InChI is InChI=1S/C10H15N3/c1-7-4-9(11)6-13-10(7)12-5-8-2-3-8/h4,6,8H,2-3,5,11H2,1H3,(H,12,13). The first-order chi connectivity index (χ1) is 6.25. The molecule has 3 nitrogen and oxygen atoms in total. The van der Waals surface area contributed by atoms with Crippen LogP contribution in [0.2, 0.25) is 0 Å². The van der Waals surface area contributed by atoms with E-state index in [0.717, 1.165) is 29.5 Å². The lowest BCUT2D eigenvalue weighted by Crippen LogP contribution is -2.06. The molecule has 0 amide bonds. The molecule has 3 heteroatoms. The van der Waals surface area contributed by atoms with Gasteiger partial charge in [-0.2, -0.15) is 0 Å². The summed E-state index contributed by atoms with van der Waals surface area (Å²) >= 11 is 0. The first-order valence-corrected chi connectivity index (χ1v) is 4.71. The minimum atomic E-state index is 0.731. The first kappa shape index (κ1) is 8.35. The topological polar surface area (TPSA) is 50.9 Å². The summed E-state index contributed by atoms with van der Waals surface area (Å²) in [5.41, 5.74) is 7.46. The molecule has 1 aromatic rings. The number of nitrogens with zero attached hydrogens (tertiary/aromatic N) is 1. The van der Waals surface area contributed by atoms with E-state index in [1.54, 1.807) is 6.20 Å². The van der Waals surface area contributed by atoms with Crippen molar-refractivity contribution in [2.24, 2.45) is 5.92 Å². The first-order valence-electron chi connectivity index (χ1n) is 4.71. The quantitative estimate of drug-likeness (QED) is 0.740. The zero-order valence-corrected chi connectivity index (χ0v) is 7.88. The maximum absolute atomic E-state index is 5.61. The molecular formula is C10H15N3. The van der Waals surface area contributed by atoms with Crippen molar-refractivity contribution in [3.05, 3.63) is 17.8 Å². The van der Waals surface area contributed by atoms with E-state index in [4.69, 9.17) is 5.73 Å². The minimum absolute atomic E-state index is 0.731. The monoisotopic (exact) mass is 177 g/mol. The highest BCUT2D eigenvalue weighted by Crippen LogP contribution is 2.29. The van der Waals surface area contributed by atoms with Gasteiger partial charge in [-0.1, -0.05) is 0 Å². The molecule has 0 unspecified atom stereocenters. The summed E-state index contributed by atoms with van der Waals surface area (Å²) in [5, 5.41) is 3.34. The summed E-state index contributed by atoms with van der Waals surface area (Å²) in [6.45, 7) is 3.08. The molecular weight excluding hydrogens is 162 g/mol. The number of aryl methyl sites for hydroxylation is 1. The van der Waals surface area contributed by atoms with E-state index in [1.165, 1.54) is 12.8 Å². The Morgan fingerprint density at radius 2 is 2.38 bits per heavy atom. The van der Waals surface area contributed by atoms with Gasteiger partial charge in [-0.15, -0.1) is 0 Å². The molecule has 1 aliphatic rings. The molecule has 0 bridgehead atoms. The van der Waals surface area contributed by atoms with Crippen LogP contribution >= 0.6 is 0 Å². The van der Waals surface area contributed by atoms with Crippen LogP contribution in [0.15, 0.2) is 12.3 Å². The Morgan fingerprint density at radius 3 is 3.00 bits per heavy atom. The number of aromatic nitrogens is 1.